The Morgan fingerprint density at radius 2 is 1.88 bits per heavy atom. The topological polar surface area (TPSA) is 54.9 Å². The average molecular weight is 313 g/mol. The molecule has 3 aromatic rings. The molecule has 0 atom stereocenters. The van der Waals surface area contributed by atoms with Crippen molar-refractivity contribution in [3.05, 3.63) is 89.5 Å². The number of carbonyl (C=O) groups excluding carboxylic acids is 1. The van der Waals surface area contributed by atoms with Crippen LogP contribution in [0.15, 0.2) is 66.9 Å². The van der Waals surface area contributed by atoms with E-state index in [1.807, 2.05) is 61.5 Å². The summed E-state index contributed by atoms with van der Waals surface area (Å²) in [6.07, 6.45) is 1.70. The summed E-state index contributed by atoms with van der Waals surface area (Å²) < 4.78 is 0. The Kier molecular flexibility index (Phi) is 4.64. The van der Waals surface area contributed by atoms with Gasteiger partial charge in [0.2, 0.25) is 0 Å². The van der Waals surface area contributed by atoms with Crippen LogP contribution in [0.3, 0.4) is 0 Å². The minimum absolute atomic E-state index is 0.242. The summed E-state index contributed by atoms with van der Waals surface area (Å²) in [5, 5.41) is 2.84. The van der Waals surface area contributed by atoms with Gasteiger partial charge in [0, 0.05) is 23.1 Å². The van der Waals surface area contributed by atoms with E-state index in [4.69, 9.17) is 0 Å². The zero-order valence-corrected chi connectivity index (χ0v) is 13.2. The summed E-state index contributed by atoms with van der Waals surface area (Å²) in [5.41, 5.74) is 3.38. The van der Waals surface area contributed by atoms with Crippen LogP contribution in [-0.2, 0) is 0 Å². The number of nitrogens with zero attached hydrogens (tertiary/aromatic N) is 2. The number of aromatic nitrogens is 2. The lowest BCUT2D eigenvalue weighted by Crippen LogP contribution is -2.13. The Morgan fingerprint density at radius 1 is 1.00 bits per heavy atom. The summed E-state index contributed by atoms with van der Waals surface area (Å²) >= 11 is 0. The molecule has 1 N–H and O–H groups in total. The number of amides is 1. The first-order chi connectivity index (χ1) is 11.7. The summed E-state index contributed by atoms with van der Waals surface area (Å²) in [4.78, 5) is 20.6. The second kappa shape index (κ2) is 7.21. The highest BCUT2D eigenvalue weighted by Gasteiger charge is 2.07. The van der Waals surface area contributed by atoms with E-state index in [1.165, 1.54) is 0 Å². The molecule has 0 bridgehead atoms. The standard InChI is InChI=1S/C20H15N3O/c1-15-6-4-10-19(22-15)20(24)23-18-9-5-7-16(14-18)11-12-17-8-2-3-13-21-17/h2-10,13-14H,1H3,(H,23,24). The third kappa shape index (κ3) is 4.05. The number of hydrogen-bond acceptors (Lipinski definition) is 3. The Bertz CT molecular complexity index is 924. The lowest BCUT2D eigenvalue weighted by atomic mass is 10.2. The highest BCUT2D eigenvalue weighted by atomic mass is 16.1. The molecular weight excluding hydrogens is 298 g/mol. The van der Waals surface area contributed by atoms with Crippen molar-refractivity contribution >= 4 is 11.6 Å². The first kappa shape index (κ1) is 15.4. The number of benzene rings is 1. The van der Waals surface area contributed by atoms with Crippen LogP contribution in [0.5, 0.6) is 0 Å². The summed E-state index contributed by atoms with van der Waals surface area (Å²) in [5.74, 6) is 5.80. The molecule has 0 saturated heterocycles. The van der Waals surface area contributed by atoms with E-state index in [1.54, 1.807) is 12.3 Å². The number of rotatable bonds is 2. The predicted molar refractivity (Wildman–Crippen MR) is 93.6 cm³/mol. The fourth-order valence-electron chi connectivity index (χ4n) is 2.11. The minimum Gasteiger partial charge on any atom is -0.321 e. The van der Waals surface area contributed by atoms with Crippen LogP contribution in [0, 0.1) is 18.8 Å². The highest BCUT2D eigenvalue weighted by Crippen LogP contribution is 2.11. The third-order valence-corrected chi connectivity index (χ3v) is 3.24. The van der Waals surface area contributed by atoms with E-state index in [0.717, 1.165) is 11.3 Å². The second-order valence-electron chi connectivity index (χ2n) is 5.16. The highest BCUT2D eigenvalue weighted by molar-refractivity contribution is 6.02. The van der Waals surface area contributed by atoms with Crippen molar-refractivity contribution in [1.82, 2.24) is 9.97 Å². The zero-order chi connectivity index (χ0) is 16.8. The molecule has 0 aliphatic rings. The maximum absolute atomic E-state index is 12.2. The number of hydrogen-bond donors (Lipinski definition) is 1. The molecule has 2 aromatic heterocycles. The van der Waals surface area contributed by atoms with Gasteiger partial charge < -0.3 is 5.32 Å². The molecule has 4 nitrogen and oxygen atoms in total. The first-order valence-electron chi connectivity index (χ1n) is 7.49. The van der Waals surface area contributed by atoms with Crippen LogP contribution in [0.2, 0.25) is 0 Å². The molecule has 3 rings (SSSR count). The van der Waals surface area contributed by atoms with Crippen LogP contribution >= 0.6 is 0 Å². The largest absolute Gasteiger partial charge is 0.321 e. The van der Waals surface area contributed by atoms with Crippen molar-refractivity contribution in [1.29, 1.82) is 0 Å². The molecule has 0 saturated carbocycles. The molecule has 0 fully saturated rings. The predicted octanol–water partition coefficient (Wildman–Crippen LogP) is 3.44. The smallest absolute Gasteiger partial charge is 0.274 e. The van der Waals surface area contributed by atoms with E-state index in [9.17, 15) is 4.79 Å². The van der Waals surface area contributed by atoms with E-state index >= 15 is 0 Å². The molecule has 0 radical (unpaired) electrons. The van der Waals surface area contributed by atoms with Crippen LogP contribution in [0.4, 0.5) is 5.69 Å². The Morgan fingerprint density at radius 3 is 2.67 bits per heavy atom. The SMILES string of the molecule is Cc1cccc(C(=O)Nc2cccc(C#Cc3ccccn3)c2)n1. The summed E-state index contributed by atoms with van der Waals surface area (Å²) in [6, 6.07) is 18.3. The molecule has 0 spiro atoms. The molecule has 0 unspecified atom stereocenters. The molecule has 24 heavy (non-hydrogen) atoms. The van der Waals surface area contributed by atoms with Gasteiger partial charge in [0.25, 0.3) is 5.91 Å². The van der Waals surface area contributed by atoms with E-state index in [-0.39, 0.29) is 5.91 Å². The number of pyridine rings is 2. The van der Waals surface area contributed by atoms with Crippen molar-refractivity contribution in [3.8, 4) is 11.8 Å². The Labute approximate surface area is 140 Å². The quantitative estimate of drug-likeness (QED) is 0.737. The maximum atomic E-state index is 12.2. The normalized spacial score (nSPS) is 9.71. The molecule has 1 amide bonds. The number of nitrogens with one attached hydrogen (secondary N) is 1. The van der Waals surface area contributed by atoms with Gasteiger partial charge in [0.1, 0.15) is 11.4 Å². The van der Waals surface area contributed by atoms with Crippen molar-refractivity contribution in [2.45, 2.75) is 6.92 Å². The molecule has 1 aromatic carbocycles. The third-order valence-electron chi connectivity index (χ3n) is 3.24. The average Bonchev–Trinajstić information content (AvgIpc) is 2.61. The van der Waals surface area contributed by atoms with Gasteiger partial charge in [0.15, 0.2) is 0 Å². The van der Waals surface area contributed by atoms with E-state index < -0.39 is 0 Å². The zero-order valence-electron chi connectivity index (χ0n) is 13.2. The van der Waals surface area contributed by atoms with Gasteiger partial charge in [-0.15, -0.1) is 0 Å². The van der Waals surface area contributed by atoms with Gasteiger partial charge in [-0.2, -0.15) is 0 Å². The Balaban J connectivity index is 1.76. The first-order valence-corrected chi connectivity index (χ1v) is 7.49. The molecule has 0 aliphatic carbocycles. The minimum atomic E-state index is -0.242. The van der Waals surface area contributed by atoms with E-state index in [2.05, 4.69) is 27.1 Å². The van der Waals surface area contributed by atoms with Gasteiger partial charge in [-0.05, 0) is 55.3 Å². The maximum Gasteiger partial charge on any atom is 0.274 e. The van der Waals surface area contributed by atoms with Gasteiger partial charge in [-0.3, -0.25) is 4.79 Å². The summed E-state index contributed by atoms with van der Waals surface area (Å²) in [7, 11) is 0. The molecular formula is C20H15N3O. The number of carbonyl (C=O) groups is 1. The van der Waals surface area contributed by atoms with Crippen LogP contribution in [0.25, 0.3) is 0 Å². The van der Waals surface area contributed by atoms with Gasteiger partial charge >= 0.3 is 0 Å². The van der Waals surface area contributed by atoms with Crippen molar-refractivity contribution in [2.75, 3.05) is 5.32 Å². The fraction of sp³-hybridized carbons (Fsp3) is 0.0500. The molecule has 2 heterocycles. The fourth-order valence-corrected chi connectivity index (χ4v) is 2.11. The number of aryl methyl sites for hydroxylation is 1. The van der Waals surface area contributed by atoms with Crippen LogP contribution < -0.4 is 5.32 Å². The van der Waals surface area contributed by atoms with Crippen LogP contribution in [-0.4, -0.2) is 15.9 Å². The molecule has 116 valence electrons. The molecule has 4 heteroatoms. The van der Waals surface area contributed by atoms with Gasteiger partial charge in [0.05, 0.1) is 0 Å². The van der Waals surface area contributed by atoms with Gasteiger partial charge in [-0.25, -0.2) is 9.97 Å². The van der Waals surface area contributed by atoms with E-state index in [0.29, 0.717) is 17.1 Å². The van der Waals surface area contributed by atoms with Gasteiger partial charge in [-0.1, -0.05) is 24.1 Å². The lowest BCUT2D eigenvalue weighted by molar-refractivity contribution is 0.102. The summed E-state index contributed by atoms with van der Waals surface area (Å²) in [6.45, 7) is 1.85. The second-order valence-corrected chi connectivity index (χ2v) is 5.16. The molecule has 0 aliphatic heterocycles. The Hall–Kier alpha value is -3.45. The van der Waals surface area contributed by atoms with Crippen molar-refractivity contribution < 1.29 is 4.79 Å². The number of anilines is 1. The van der Waals surface area contributed by atoms with Crippen molar-refractivity contribution in [2.24, 2.45) is 0 Å². The van der Waals surface area contributed by atoms with Crippen molar-refractivity contribution in [3.63, 3.8) is 0 Å². The monoisotopic (exact) mass is 313 g/mol. The lowest BCUT2D eigenvalue weighted by Gasteiger charge is -2.05. The van der Waals surface area contributed by atoms with Crippen LogP contribution in [0.1, 0.15) is 27.4 Å².